The van der Waals surface area contributed by atoms with Crippen molar-refractivity contribution in [1.29, 1.82) is 5.26 Å². The molecule has 0 N–H and O–H groups in total. The van der Waals surface area contributed by atoms with Crippen LogP contribution in [0.15, 0.2) is 30.3 Å². The Kier molecular flexibility index (Phi) is 2.73. The first-order valence-electron chi connectivity index (χ1n) is 5.28. The van der Waals surface area contributed by atoms with Gasteiger partial charge in [-0.25, -0.2) is 8.42 Å². The van der Waals surface area contributed by atoms with E-state index in [0.717, 1.165) is 5.56 Å². The minimum Gasteiger partial charge on any atom is -0.228 e. The third kappa shape index (κ3) is 1.72. The minimum absolute atomic E-state index is 0.110. The van der Waals surface area contributed by atoms with E-state index in [-0.39, 0.29) is 17.6 Å². The second-order valence-electron chi connectivity index (χ2n) is 4.01. The van der Waals surface area contributed by atoms with Gasteiger partial charge in [0.2, 0.25) is 0 Å². The number of hydrogen-bond donors (Lipinski definition) is 0. The number of rotatable bonds is 3. The van der Waals surface area contributed by atoms with Gasteiger partial charge in [-0.2, -0.15) is 5.26 Å². The lowest BCUT2D eigenvalue weighted by Gasteiger charge is -1.99. The maximum atomic E-state index is 11.8. The van der Waals surface area contributed by atoms with E-state index in [1.54, 1.807) is 6.92 Å². The third-order valence-corrected chi connectivity index (χ3v) is 5.33. The summed E-state index contributed by atoms with van der Waals surface area (Å²) in [6.07, 6.45) is 0. The second kappa shape index (κ2) is 3.91. The maximum absolute atomic E-state index is 11.8. The van der Waals surface area contributed by atoms with Crippen molar-refractivity contribution >= 4 is 9.84 Å². The predicted octanol–water partition coefficient (Wildman–Crippen LogP) is 1.73. The van der Waals surface area contributed by atoms with Crippen LogP contribution in [0.1, 0.15) is 18.4 Å². The molecule has 1 aromatic rings. The van der Waals surface area contributed by atoms with Crippen molar-refractivity contribution in [2.24, 2.45) is 5.92 Å². The highest BCUT2D eigenvalue weighted by molar-refractivity contribution is 7.92. The van der Waals surface area contributed by atoms with Crippen LogP contribution in [-0.2, 0) is 9.84 Å². The van der Waals surface area contributed by atoms with Crippen LogP contribution >= 0.6 is 0 Å². The topological polar surface area (TPSA) is 57.9 Å². The average Bonchev–Trinajstić information content (AvgIpc) is 3.05. The van der Waals surface area contributed by atoms with E-state index in [0.29, 0.717) is 0 Å². The summed E-state index contributed by atoms with van der Waals surface area (Å²) in [5.74, 6) is -0.386. The fourth-order valence-electron chi connectivity index (χ4n) is 2.15. The summed E-state index contributed by atoms with van der Waals surface area (Å²) in [4.78, 5) is 0. The Hall–Kier alpha value is -1.34. The lowest BCUT2D eigenvalue weighted by Crippen LogP contribution is -2.12. The SMILES string of the molecule is CCS(=O)(=O)[C@@H]1[C@H](C#N)[C@@H]1c1ccccc1. The number of nitrogens with zero attached hydrogens (tertiary/aromatic N) is 1. The van der Waals surface area contributed by atoms with Gasteiger partial charge in [-0.1, -0.05) is 37.3 Å². The molecule has 0 amide bonds. The Morgan fingerprint density at radius 3 is 2.44 bits per heavy atom. The van der Waals surface area contributed by atoms with E-state index in [4.69, 9.17) is 5.26 Å². The quantitative estimate of drug-likeness (QED) is 0.801. The standard InChI is InChI=1S/C12H13NO2S/c1-2-16(14,15)12-10(8-13)11(12)9-6-4-3-5-7-9/h3-7,10-12H,2H2,1H3/t10-,11+,12-/m1/s1. The highest BCUT2D eigenvalue weighted by Gasteiger charge is 2.58. The summed E-state index contributed by atoms with van der Waals surface area (Å²) < 4.78 is 23.5. The zero-order chi connectivity index (χ0) is 11.8. The largest absolute Gasteiger partial charge is 0.228 e. The van der Waals surface area contributed by atoms with E-state index in [2.05, 4.69) is 6.07 Å². The van der Waals surface area contributed by atoms with Crippen molar-refractivity contribution in [2.75, 3.05) is 5.75 Å². The smallest absolute Gasteiger partial charge is 0.154 e. The predicted molar refractivity (Wildman–Crippen MR) is 61.5 cm³/mol. The van der Waals surface area contributed by atoms with Crippen molar-refractivity contribution in [1.82, 2.24) is 0 Å². The van der Waals surface area contributed by atoms with E-state index in [1.165, 1.54) is 0 Å². The molecule has 0 saturated heterocycles. The third-order valence-electron chi connectivity index (χ3n) is 3.10. The van der Waals surface area contributed by atoms with Crippen LogP contribution in [0.3, 0.4) is 0 Å². The molecule has 3 nitrogen and oxygen atoms in total. The normalized spacial score (nSPS) is 28.4. The van der Waals surface area contributed by atoms with Gasteiger partial charge in [-0.05, 0) is 5.56 Å². The molecule has 1 fully saturated rings. The van der Waals surface area contributed by atoms with Gasteiger partial charge in [0.15, 0.2) is 9.84 Å². The molecular weight excluding hydrogens is 222 g/mol. The molecule has 1 aliphatic carbocycles. The molecule has 2 rings (SSSR count). The Labute approximate surface area is 95.6 Å². The summed E-state index contributed by atoms with van der Waals surface area (Å²) in [6, 6.07) is 11.5. The summed E-state index contributed by atoms with van der Waals surface area (Å²) in [5.41, 5.74) is 0.955. The zero-order valence-electron chi connectivity index (χ0n) is 9.00. The van der Waals surface area contributed by atoms with Gasteiger partial charge >= 0.3 is 0 Å². The van der Waals surface area contributed by atoms with Crippen molar-refractivity contribution in [3.05, 3.63) is 35.9 Å². The molecule has 0 aromatic heterocycles. The lowest BCUT2D eigenvalue weighted by molar-refractivity contribution is 0.594. The molecule has 0 unspecified atom stereocenters. The van der Waals surface area contributed by atoms with Crippen LogP contribution in [0, 0.1) is 17.2 Å². The molecule has 1 aromatic carbocycles. The Morgan fingerprint density at radius 2 is 1.94 bits per heavy atom. The van der Waals surface area contributed by atoms with Gasteiger partial charge in [0.25, 0.3) is 0 Å². The van der Waals surface area contributed by atoms with Crippen molar-refractivity contribution < 1.29 is 8.42 Å². The van der Waals surface area contributed by atoms with Gasteiger partial charge in [0, 0.05) is 11.7 Å². The van der Waals surface area contributed by atoms with Gasteiger partial charge in [0.05, 0.1) is 17.2 Å². The van der Waals surface area contributed by atoms with E-state index < -0.39 is 15.1 Å². The number of hydrogen-bond acceptors (Lipinski definition) is 3. The van der Waals surface area contributed by atoms with E-state index >= 15 is 0 Å². The van der Waals surface area contributed by atoms with Crippen LogP contribution in [0.25, 0.3) is 0 Å². The summed E-state index contributed by atoms with van der Waals surface area (Å²) >= 11 is 0. The summed E-state index contributed by atoms with van der Waals surface area (Å²) in [6.45, 7) is 1.63. The van der Waals surface area contributed by atoms with E-state index in [1.807, 2.05) is 30.3 Å². The Morgan fingerprint density at radius 1 is 1.31 bits per heavy atom. The van der Waals surface area contributed by atoms with Crippen LogP contribution in [0.2, 0.25) is 0 Å². The van der Waals surface area contributed by atoms with Crippen molar-refractivity contribution in [3.63, 3.8) is 0 Å². The molecule has 0 aliphatic heterocycles. The van der Waals surface area contributed by atoms with Gasteiger partial charge in [-0.3, -0.25) is 0 Å². The average molecular weight is 235 g/mol. The van der Waals surface area contributed by atoms with Crippen LogP contribution < -0.4 is 0 Å². The van der Waals surface area contributed by atoms with Crippen LogP contribution in [0.4, 0.5) is 0 Å². The fourth-order valence-corrected chi connectivity index (χ4v) is 3.89. The molecule has 0 heterocycles. The summed E-state index contributed by atoms with van der Waals surface area (Å²) in [5, 5.41) is 8.46. The highest BCUT2D eigenvalue weighted by atomic mass is 32.2. The van der Waals surface area contributed by atoms with Crippen LogP contribution in [-0.4, -0.2) is 19.4 Å². The molecule has 0 radical (unpaired) electrons. The van der Waals surface area contributed by atoms with Crippen molar-refractivity contribution in [2.45, 2.75) is 18.1 Å². The molecule has 3 atom stereocenters. The first-order valence-corrected chi connectivity index (χ1v) is 6.99. The van der Waals surface area contributed by atoms with E-state index in [9.17, 15) is 8.42 Å². The minimum atomic E-state index is -3.11. The maximum Gasteiger partial charge on any atom is 0.154 e. The molecular formula is C12H13NO2S. The first-order chi connectivity index (χ1) is 7.61. The molecule has 1 saturated carbocycles. The lowest BCUT2D eigenvalue weighted by atomic mass is 10.1. The van der Waals surface area contributed by atoms with Gasteiger partial charge in [0.1, 0.15) is 0 Å². The molecule has 84 valence electrons. The Bertz CT molecular complexity index is 516. The monoisotopic (exact) mass is 235 g/mol. The second-order valence-corrected chi connectivity index (χ2v) is 6.45. The number of nitriles is 1. The fraction of sp³-hybridized carbons (Fsp3) is 0.417. The first kappa shape index (κ1) is 11.2. The zero-order valence-corrected chi connectivity index (χ0v) is 9.81. The van der Waals surface area contributed by atoms with Crippen LogP contribution in [0.5, 0.6) is 0 Å². The van der Waals surface area contributed by atoms with Crippen molar-refractivity contribution in [3.8, 4) is 6.07 Å². The number of benzene rings is 1. The highest BCUT2D eigenvalue weighted by Crippen LogP contribution is 2.51. The van der Waals surface area contributed by atoms with Gasteiger partial charge < -0.3 is 0 Å². The molecule has 0 bridgehead atoms. The molecule has 0 spiro atoms. The molecule has 4 heteroatoms. The molecule has 1 aliphatic rings. The number of sulfone groups is 1. The van der Waals surface area contributed by atoms with Gasteiger partial charge in [-0.15, -0.1) is 0 Å². The molecule has 16 heavy (non-hydrogen) atoms. The summed E-state index contributed by atoms with van der Waals surface area (Å²) in [7, 11) is -3.11. The Balaban J connectivity index is 2.31.